The van der Waals surface area contributed by atoms with Crippen LogP contribution in [0.25, 0.3) is 0 Å². The number of fused-ring (bicyclic) bond motifs is 1. The van der Waals surface area contributed by atoms with Gasteiger partial charge in [0.15, 0.2) is 0 Å². The molecule has 1 aliphatic carbocycles. The van der Waals surface area contributed by atoms with E-state index in [4.69, 9.17) is 9.47 Å². The first-order chi connectivity index (χ1) is 11.8. The van der Waals surface area contributed by atoms with Crippen LogP contribution in [0.2, 0.25) is 0 Å². The van der Waals surface area contributed by atoms with Crippen LogP contribution in [-0.4, -0.2) is 59.9 Å². The highest BCUT2D eigenvalue weighted by molar-refractivity contribution is 5.68. The van der Waals surface area contributed by atoms with E-state index in [0.717, 1.165) is 31.0 Å². The lowest BCUT2D eigenvalue weighted by atomic mass is 10.1. The fourth-order valence-electron chi connectivity index (χ4n) is 3.57. The Morgan fingerprint density at radius 2 is 1.88 bits per heavy atom. The lowest BCUT2D eigenvalue weighted by molar-refractivity contribution is 0.0240. The van der Waals surface area contributed by atoms with Gasteiger partial charge in [-0.05, 0) is 33.1 Å². The maximum Gasteiger partial charge on any atom is 0.410 e. The summed E-state index contributed by atoms with van der Waals surface area (Å²) in [5.74, 6) is 1.36. The Morgan fingerprint density at radius 1 is 1.20 bits per heavy atom. The molecule has 1 saturated heterocycles. The van der Waals surface area contributed by atoms with Crippen molar-refractivity contribution in [1.82, 2.24) is 14.9 Å². The van der Waals surface area contributed by atoms with Crippen molar-refractivity contribution in [2.45, 2.75) is 51.7 Å². The van der Waals surface area contributed by atoms with Crippen molar-refractivity contribution in [3.63, 3.8) is 0 Å². The molecule has 0 saturated carbocycles. The van der Waals surface area contributed by atoms with Gasteiger partial charge in [0.2, 0.25) is 0 Å². The molecule has 1 aromatic rings. The Balaban J connectivity index is 1.70. The number of piperazine rings is 1. The summed E-state index contributed by atoms with van der Waals surface area (Å²) < 4.78 is 11.0. The zero-order valence-corrected chi connectivity index (χ0v) is 15.8. The summed E-state index contributed by atoms with van der Waals surface area (Å²) in [6, 6.07) is 0. The Morgan fingerprint density at radius 3 is 2.48 bits per heavy atom. The van der Waals surface area contributed by atoms with Crippen LogP contribution in [0.15, 0.2) is 6.33 Å². The van der Waals surface area contributed by atoms with Gasteiger partial charge in [0.1, 0.15) is 23.9 Å². The minimum atomic E-state index is -0.466. The minimum Gasteiger partial charge on any atom is -0.444 e. The van der Waals surface area contributed by atoms with Crippen molar-refractivity contribution in [1.29, 1.82) is 0 Å². The molecule has 7 nitrogen and oxygen atoms in total. The molecule has 25 heavy (non-hydrogen) atoms. The van der Waals surface area contributed by atoms with E-state index >= 15 is 0 Å². The predicted molar refractivity (Wildman–Crippen MR) is 94.8 cm³/mol. The Labute approximate surface area is 149 Å². The smallest absolute Gasteiger partial charge is 0.410 e. The molecule has 0 spiro atoms. The van der Waals surface area contributed by atoms with Crippen molar-refractivity contribution in [2.75, 3.05) is 38.2 Å². The average Bonchev–Trinajstić information content (AvgIpc) is 2.90. The summed E-state index contributed by atoms with van der Waals surface area (Å²) in [5.41, 5.74) is 1.74. The highest BCUT2D eigenvalue weighted by Gasteiger charge is 2.35. The summed E-state index contributed by atoms with van der Waals surface area (Å²) in [4.78, 5) is 25.2. The van der Waals surface area contributed by atoms with Crippen LogP contribution in [0.5, 0.6) is 0 Å². The third-order valence-corrected chi connectivity index (χ3v) is 4.77. The number of ether oxygens (including phenoxy) is 2. The molecule has 1 fully saturated rings. The van der Waals surface area contributed by atoms with Gasteiger partial charge >= 0.3 is 6.09 Å². The predicted octanol–water partition coefficient (Wildman–Crippen LogP) is 2.73. The van der Waals surface area contributed by atoms with Crippen LogP contribution < -0.4 is 4.90 Å². The first-order valence-corrected chi connectivity index (χ1v) is 8.90. The topological polar surface area (TPSA) is 67.8 Å². The van der Waals surface area contributed by atoms with E-state index in [1.807, 2.05) is 20.8 Å². The van der Waals surface area contributed by atoms with Crippen molar-refractivity contribution < 1.29 is 14.3 Å². The molecule has 2 heterocycles. The second-order valence-corrected chi connectivity index (χ2v) is 7.81. The number of rotatable bonds is 2. The van der Waals surface area contributed by atoms with Crippen molar-refractivity contribution >= 4 is 11.9 Å². The van der Waals surface area contributed by atoms with E-state index in [0.29, 0.717) is 19.0 Å². The van der Waals surface area contributed by atoms with Gasteiger partial charge in [-0.3, -0.25) is 0 Å². The third-order valence-electron chi connectivity index (χ3n) is 4.77. The molecule has 0 N–H and O–H groups in total. The van der Waals surface area contributed by atoms with E-state index in [2.05, 4.69) is 21.8 Å². The minimum absolute atomic E-state index is 0.0507. The fourth-order valence-corrected chi connectivity index (χ4v) is 3.57. The largest absolute Gasteiger partial charge is 0.444 e. The molecule has 0 aromatic carbocycles. The summed E-state index contributed by atoms with van der Waals surface area (Å²) in [6.45, 7) is 10.6. The third kappa shape index (κ3) is 3.71. The molecule has 0 bridgehead atoms. The van der Waals surface area contributed by atoms with Crippen LogP contribution in [-0.2, 0) is 9.47 Å². The Bertz CT molecular complexity index is 636. The molecular formula is C18H28N4O3. The fraction of sp³-hybridized carbons (Fsp3) is 0.722. The second-order valence-electron chi connectivity index (χ2n) is 7.81. The molecule has 2 aliphatic rings. The van der Waals surface area contributed by atoms with E-state index in [1.165, 1.54) is 5.56 Å². The number of nitrogens with zero attached hydrogens (tertiary/aromatic N) is 4. The first-order valence-electron chi connectivity index (χ1n) is 8.90. The zero-order valence-electron chi connectivity index (χ0n) is 15.8. The number of methoxy groups -OCH3 is 1. The maximum atomic E-state index is 12.2. The zero-order chi connectivity index (χ0) is 18.2. The van der Waals surface area contributed by atoms with Gasteiger partial charge in [0.05, 0.1) is 5.69 Å². The van der Waals surface area contributed by atoms with E-state index in [-0.39, 0.29) is 12.2 Å². The standard InChI is InChI=1S/C18H28N4O3/c1-12-10-13(24-5)15-14(12)16(20-11-19-15)21-6-8-22(9-7-21)17(23)25-18(2,3)4/h11-13H,6-10H2,1-5H3. The molecule has 2 atom stereocenters. The van der Waals surface area contributed by atoms with Crippen LogP contribution in [0.4, 0.5) is 10.6 Å². The number of anilines is 1. The van der Waals surface area contributed by atoms with Gasteiger partial charge in [-0.2, -0.15) is 0 Å². The monoisotopic (exact) mass is 348 g/mol. The van der Waals surface area contributed by atoms with E-state index < -0.39 is 5.60 Å². The Kier molecular flexibility index (Phi) is 4.86. The number of amides is 1. The molecule has 0 radical (unpaired) electrons. The van der Waals surface area contributed by atoms with Gasteiger partial charge in [0, 0.05) is 38.9 Å². The molecule has 1 aromatic heterocycles. The van der Waals surface area contributed by atoms with E-state index in [1.54, 1.807) is 18.3 Å². The van der Waals surface area contributed by atoms with Crippen LogP contribution >= 0.6 is 0 Å². The lowest BCUT2D eigenvalue weighted by Gasteiger charge is -2.37. The van der Waals surface area contributed by atoms with Gasteiger partial charge in [-0.25, -0.2) is 14.8 Å². The Hall–Kier alpha value is -1.89. The van der Waals surface area contributed by atoms with Gasteiger partial charge in [0.25, 0.3) is 0 Å². The van der Waals surface area contributed by atoms with Gasteiger partial charge in [-0.1, -0.05) is 6.92 Å². The van der Waals surface area contributed by atoms with Crippen LogP contribution in [0.3, 0.4) is 0 Å². The summed E-state index contributed by atoms with van der Waals surface area (Å²) in [5, 5.41) is 0. The van der Waals surface area contributed by atoms with Crippen molar-refractivity contribution in [2.24, 2.45) is 0 Å². The van der Waals surface area contributed by atoms with Crippen molar-refractivity contribution in [3.05, 3.63) is 17.6 Å². The SMILES string of the molecule is COC1CC(C)c2c1ncnc2N1CCN(C(=O)OC(C)(C)C)CC1. The first kappa shape index (κ1) is 17.9. The van der Waals surface area contributed by atoms with Crippen LogP contribution in [0, 0.1) is 0 Å². The number of aromatic nitrogens is 2. The summed E-state index contributed by atoms with van der Waals surface area (Å²) in [6.07, 6.45) is 2.37. The quantitative estimate of drug-likeness (QED) is 0.819. The summed E-state index contributed by atoms with van der Waals surface area (Å²) >= 11 is 0. The highest BCUT2D eigenvalue weighted by Crippen LogP contribution is 2.44. The normalized spacial score (nSPS) is 23.6. The maximum absolute atomic E-state index is 12.2. The van der Waals surface area contributed by atoms with Crippen molar-refractivity contribution in [3.8, 4) is 0 Å². The molecule has 3 rings (SSSR count). The number of carbonyl (C=O) groups excluding carboxylic acids is 1. The molecule has 138 valence electrons. The molecular weight excluding hydrogens is 320 g/mol. The molecule has 1 amide bonds. The van der Waals surface area contributed by atoms with Crippen LogP contribution in [0.1, 0.15) is 57.4 Å². The van der Waals surface area contributed by atoms with Gasteiger partial charge < -0.3 is 19.3 Å². The average molecular weight is 348 g/mol. The molecule has 7 heteroatoms. The molecule has 2 unspecified atom stereocenters. The van der Waals surface area contributed by atoms with E-state index in [9.17, 15) is 4.79 Å². The summed E-state index contributed by atoms with van der Waals surface area (Å²) in [7, 11) is 1.73. The number of carbonyl (C=O) groups is 1. The second kappa shape index (κ2) is 6.78. The molecule has 1 aliphatic heterocycles. The lowest BCUT2D eigenvalue weighted by Crippen LogP contribution is -2.50. The highest BCUT2D eigenvalue weighted by atomic mass is 16.6. The van der Waals surface area contributed by atoms with Gasteiger partial charge in [-0.15, -0.1) is 0 Å². The number of hydrogen-bond donors (Lipinski definition) is 0. The number of hydrogen-bond acceptors (Lipinski definition) is 6.